The highest BCUT2D eigenvalue weighted by molar-refractivity contribution is 8.00. The van der Waals surface area contributed by atoms with Crippen LogP contribution < -0.4 is 15.2 Å². The first-order valence-electron chi connectivity index (χ1n) is 10.7. The molecule has 0 spiro atoms. The number of thioether (sulfide) groups is 1. The normalized spacial score (nSPS) is 11.7. The van der Waals surface area contributed by atoms with Gasteiger partial charge < -0.3 is 14.2 Å². The van der Waals surface area contributed by atoms with E-state index in [9.17, 15) is 4.79 Å². The summed E-state index contributed by atoms with van der Waals surface area (Å²) in [6, 6.07) is 11.1. The molecule has 11 heteroatoms. The second-order valence-electron chi connectivity index (χ2n) is 8.05. The molecule has 0 aliphatic rings. The Labute approximate surface area is 216 Å². The van der Waals surface area contributed by atoms with Crippen LogP contribution in [0.2, 0.25) is 10.0 Å². The van der Waals surface area contributed by atoms with E-state index in [-0.39, 0.29) is 5.88 Å². The van der Waals surface area contributed by atoms with Crippen LogP contribution in [0.4, 0.5) is 0 Å². The van der Waals surface area contributed by atoms with Crippen LogP contribution in [0.5, 0.6) is 11.6 Å². The molecule has 2 aromatic heterocycles. The van der Waals surface area contributed by atoms with Crippen molar-refractivity contribution in [3.05, 3.63) is 68.8 Å². The largest absolute Gasteiger partial charge is 0.491 e. The molecule has 0 unspecified atom stereocenters. The summed E-state index contributed by atoms with van der Waals surface area (Å²) in [5.74, 6) is 1.00. The molecule has 0 radical (unpaired) electrons. The zero-order valence-corrected chi connectivity index (χ0v) is 21.9. The number of halogens is 2. The van der Waals surface area contributed by atoms with Crippen LogP contribution in [-0.4, -0.2) is 47.0 Å². The highest BCUT2D eigenvalue weighted by atomic mass is 35.5. The van der Waals surface area contributed by atoms with Crippen molar-refractivity contribution >= 4 is 46.1 Å². The van der Waals surface area contributed by atoms with E-state index >= 15 is 0 Å². The molecule has 184 valence electrons. The fourth-order valence-electron chi connectivity index (χ4n) is 3.69. The van der Waals surface area contributed by atoms with Crippen molar-refractivity contribution in [2.24, 2.45) is 0 Å². The molecule has 35 heavy (non-hydrogen) atoms. The average Bonchev–Trinajstić information content (AvgIpc) is 3.17. The van der Waals surface area contributed by atoms with E-state index in [1.54, 1.807) is 31.0 Å². The van der Waals surface area contributed by atoms with Gasteiger partial charge in [-0.3, -0.25) is 4.98 Å². The summed E-state index contributed by atoms with van der Waals surface area (Å²) in [6.45, 7) is 5.06. The van der Waals surface area contributed by atoms with Crippen LogP contribution in [-0.2, 0) is 9.48 Å². The maximum atomic E-state index is 12.9. The van der Waals surface area contributed by atoms with Gasteiger partial charge in [0.05, 0.1) is 24.4 Å². The summed E-state index contributed by atoms with van der Waals surface area (Å²) in [5.41, 5.74) is 1.79. The summed E-state index contributed by atoms with van der Waals surface area (Å²) < 4.78 is 17.3. The predicted molar refractivity (Wildman–Crippen MR) is 139 cm³/mol. The summed E-state index contributed by atoms with van der Waals surface area (Å²) in [7, 11) is 3.11. The molecule has 0 aliphatic carbocycles. The Balaban J connectivity index is 1.73. The van der Waals surface area contributed by atoms with E-state index in [0.717, 1.165) is 16.2 Å². The molecule has 2 aromatic carbocycles. The minimum Gasteiger partial charge on any atom is -0.491 e. The van der Waals surface area contributed by atoms with Gasteiger partial charge in [-0.1, -0.05) is 23.2 Å². The van der Waals surface area contributed by atoms with E-state index < -0.39 is 10.4 Å². The van der Waals surface area contributed by atoms with Gasteiger partial charge in [-0.15, -0.1) is 11.8 Å². The molecule has 2 heterocycles. The van der Waals surface area contributed by atoms with Crippen molar-refractivity contribution in [2.45, 2.75) is 23.5 Å². The second-order valence-corrected chi connectivity index (χ2v) is 10.6. The number of imidazole rings is 1. The first-order chi connectivity index (χ1) is 16.7. The van der Waals surface area contributed by atoms with Gasteiger partial charge in [-0.25, -0.2) is 14.3 Å². The second kappa shape index (κ2) is 10.5. The van der Waals surface area contributed by atoms with Crippen molar-refractivity contribution in [1.29, 1.82) is 0 Å². The number of aromatic amines is 1. The smallest absolute Gasteiger partial charge is 0.332 e. The van der Waals surface area contributed by atoms with Gasteiger partial charge in [-0.05, 0) is 50.2 Å². The van der Waals surface area contributed by atoms with Gasteiger partial charge >= 0.3 is 5.69 Å². The first-order valence-corrected chi connectivity index (χ1v) is 12.2. The number of benzene rings is 2. The van der Waals surface area contributed by atoms with Crippen LogP contribution in [0.25, 0.3) is 16.9 Å². The van der Waals surface area contributed by atoms with Gasteiger partial charge in [-0.2, -0.15) is 4.98 Å². The van der Waals surface area contributed by atoms with Crippen molar-refractivity contribution < 1.29 is 14.2 Å². The molecule has 0 saturated heterocycles. The van der Waals surface area contributed by atoms with E-state index in [2.05, 4.69) is 28.8 Å². The summed E-state index contributed by atoms with van der Waals surface area (Å²) in [5, 5.41) is 1.02. The summed E-state index contributed by atoms with van der Waals surface area (Å²) in [4.78, 5) is 24.8. The molecule has 0 atom stereocenters. The minimum absolute atomic E-state index is 0.274. The first kappa shape index (κ1) is 25.4. The molecule has 0 amide bonds. The number of ether oxygens (including phenoxy) is 3. The van der Waals surface area contributed by atoms with Crippen molar-refractivity contribution in [3.8, 4) is 17.3 Å². The number of H-pyrrole nitrogens is 1. The number of nitrogens with zero attached hydrogens (tertiary/aromatic N) is 3. The third-order valence-corrected chi connectivity index (χ3v) is 7.07. The van der Waals surface area contributed by atoms with Gasteiger partial charge in [0, 0.05) is 27.3 Å². The molecule has 4 aromatic rings. The Bertz CT molecular complexity index is 1420. The molecular weight excluding hydrogens is 511 g/mol. The Hall–Kier alpha value is -2.72. The molecule has 0 fully saturated rings. The summed E-state index contributed by atoms with van der Waals surface area (Å²) >= 11 is 14.4. The maximum absolute atomic E-state index is 12.9. The number of methoxy groups -OCH3 is 2. The topological polar surface area (TPSA) is 91.3 Å². The monoisotopic (exact) mass is 534 g/mol. The van der Waals surface area contributed by atoms with Gasteiger partial charge in [0.15, 0.2) is 5.65 Å². The minimum atomic E-state index is -0.436. The molecule has 4 rings (SSSR count). The lowest BCUT2D eigenvalue weighted by molar-refractivity contribution is 0.145. The average molecular weight is 535 g/mol. The number of hydrogen-bond acceptors (Lipinski definition) is 7. The predicted octanol–water partition coefficient (Wildman–Crippen LogP) is 5.48. The SMILES string of the molecule is COCCOc1ccc(Cl)cc1C(C)(C)Sc1ccc(Cl)c(-n2c(=O)[nH]c3c(OC)ncnc32)c1. The van der Waals surface area contributed by atoms with Crippen LogP contribution in [0, 0.1) is 0 Å². The number of fused-ring (bicyclic) bond motifs is 1. The lowest BCUT2D eigenvalue weighted by Crippen LogP contribution is -2.17. The Kier molecular flexibility index (Phi) is 7.61. The van der Waals surface area contributed by atoms with E-state index in [1.165, 1.54) is 18.0 Å². The third kappa shape index (κ3) is 5.28. The van der Waals surface area contributed by atoms with Crippen molar-refractivity contribution in [3.63, 3.8) is 0 Å². The van der Waals surface area contributed by atoms with Gasteiger partial charge in [0.1, 0.15) is 24.2 Å². The van der Waals surface area contributed by atoms with E-state index in [0.29, 0.717) is 40.1 Å². The molecule has 0 bridgehead atoms. The molecule has 1 N–H and O–H groups in total. The zero-order chi connectivity index (χ0) is 25.2. The molecule has 0 aliphatic heterocycles. The van der Waals surface area contributed by atoms with Crippen LogP contribution in [0.1, 0.15) is 19.4 Å². The highest BCUT2D eigenvalue weighted by Crippen LogP contribution is 2.46. The number of aromatic nitrogens is 4. The van der Waals surface area contributed by atoms with E-state index in [1.807, 2.05) is 24.3 Å². The highest BCUT2D eigenvalue weighted by Gasteiger charge is 2.27. The number of hydrogen-bond donors (Lipinski definition) is 1. The summed E-state index contributed by atoms with van der Waals surface area (Å²) in [6.07, 6.45) is 1.34. The fourth-order valence-corrected chi connectivity index (χ4v) is 5.23. The van der Waals surface area contributed by atoms with Gasteiger partial charge in [0.2, 0.25) is 5.88 Å². The maximum Gasteiger partial charge on any atom is 0.332 e. The quantitative estimate of drug-likeness (QED) is 0.224. The van der Waals surface area contributed by atoms with Crippen LogP contribution in [0.15, 0.2) is 52.4 Å². The zero-order valence-electron chi connectivity index (χ0n) is 19.6. The standard InChI is InChI=1S/C24H24Cl2N4O4S/c1-24(2,16-11-14(25)5-8-19(16)34-10-9-32-3)35-15-6-7-17(26)18(12-15)30-21-20(29-23(30)31)22(33-4)28-13-27-21/h5-8,11-13H,9-10H2,1-4H3,(H,29,31). The van der Waals surface area contributed by atoms with Crippen LogP contribution >= 0.6 is 35.0 Å². The number of nitrogens with one attached hydrogen (secondary N) is 1. The fraction of sp³-hybridized carbons (Fsp3) is 0.292. The van der Waals surface area contributed by atoms with E-state index in [4.69, 9.17) is 37.4 Å². The van der Waals surface area contributed by atoms with Crippen molar-refractivity contribution in [2.75, 3.05) is 27.4 Å². The Morgan fingerprint density at radius 2 is 1.89 bits per heavy atom. The third-order valence-electron chi connectivity index (χ3n) is 5.30. The molecule has 8 nitrogen and oxygen atoms in total. The molecular formula is C24H24Cl2N4O4S. The Morgan fingerprint density at radius 1 is 1.09 bits per heavy atom. The Morgan fingerprint density at radius 3 is 2.63 bits per heavy atom. The number of rotatable bonds is 9. The lowest BCUT2D eigenvalue weighted by atomic mass is 10.0. The lowest BCUT2D eigenvalue weighted by Gasteiger charge is -2.27. The van der Waals surface area contributed by atoms with Crippen molar-refractivity contribution in [1.82, 2.24) is 19.5 Å². The van der Waals surface area contributed by atoms with Crippen LogP contribution in [0.3, 0.4) is 0 Å². The molecule has 0 saturated carbocycles. The van der Waals surface area contributed by atoms with Gasteiger partial charge in [0.25, 0.3) is 0 Å².